The first kappa shape index (κ1) is 24.5. The minimum atomic E-state index is -0.343. The summed E-state index contributed by atoms with van der Waals surface area (Å²) in [6.45, 7) is 3.50. The number of rotatable bonds is 6. The molecule has 8 heteroatoms. The fraction of sp³-hybridized carbons (Fsp3) is 0.310. The van der Waals surface area contributed by atoms with Gasteiger partial charge in [0.15, 0.2) is 11.5 Å². The van der Waals surface area contributed by atoms with Crippen LogP contribution in [0.15, 0.2) is 66.7 Å². The zero-order valence-electron chi connectivity index (χ0n) is 21.0. The summed E-state index contributed by atoms with van der Waals surface area (Å²) in [7, 11) is 1.59. The Morgan fingerprint density at radius 3 is 2.68 bits per heavy atom. The standard InChI is InChI=1S/C29H31N3O5/c1-19-5-3-6-21(11-19)22-13-23(28(33)30-15-20-9-10-26-27(12-20)37-18-36-26)17-32(16-22)29(34)31-24-7-4-8-25(14-24)35-2/h3-12,14,22-23H,13,15-18H2,1-2H3,(H,30,33)(H,31,34)/t22-,23-/m0/s1. The van der Waals surface area contributed by atoms with Crippen LogP contribution in [0.2, 0.25) is 0 Å². The Bertz CT molecular complexity index is 1290. The number of nitrogens with zero attached hydrogens (tertiary/aromatic N) is 1. The first-order valence-corrected chi connectivity index (χ1v) is 12.4. The normalized spacial score (nSPS) is 18.3. The Balaban J connectivity index is 1.30. The molecule has 5 rings (SSSR count). The maximum atomic E-state index is 13.3. The van der Waals surface area contributed by atoms with Crippen molar-refractivity contribution in [2.24, 2.45) is 5.92 Å². The number of benzene rings is 3. The van der Waals surface area contributed by atoms with Crippen molar-refractivity contribution >= 4 is 17.6 Å². The fourth-order valence-electron chi connectivity index (χ4n) is 4.91. The smallest absolute Gasteiger partial charge is 0.321 e. The predicted molar refractivity (Wildman–Crippen MR) is 140 cm³/mol. The molecule has 2 atom stereocenters. The molecule has 0 unspecified atom stereocenters. The van der Waals surface area contributed by atoms with Crippen molar-refractivity contribution in [2.75, 3.05) is 32.3 Å². The first-order valence-electron chi connectivity index (χ1n) is 12.4. The number of carbonyl (C=O) groups is 2. The number of fused-ring (bicyclic) bond motifs is 1. The molecule has 192 valence electrons. The second-order valence-electron chi connectivity index (χ2n) is 9.52. The van der Waals surface area contributed by atoms with Crippen LogP contribution in [0.3, 0.4) is 0 Å². The number of hydrogen-bond acceptors (Lipinski definition) is 5. The van der Waals surface area contributed by atoms with E-state index in [1.54, 1.807) is 18.1 Å². The quantitative estimate of drug-likeness (QED) is 0.512. The van der Waals surface area contributed by atoms with Crippen molar-refractivity contribution in [1.29, 1.82) is 0 Å². The number of anilines is 1. The third kappa shape index (κ3) is 5.80. The van der Waals surface area contributed by atoms with Gasteiger partial charge in [-0.25, -0.2) is 4.79 Å². The van der Waals surface area contributed by atoms with E-state index in [-0.39, 0.29) is 30.6 Å². The second kappa shape index (κ2) is 10.8. The lowest BCUT2D eigenvalue weighted by Gasteiger charge is -2.37. The SMILES string of the molecule is COc1cccc(NC(=O)N2C[C@@H](C(=O)NCc3ccc4c(c3)OCO4)C[C@H](c3cccc(C)c3)C2)c1. The van der Waals surface area contributed by atoms with Crippen molar-refractivity contribution in [3.63, 3.8) is 0 Å². The molecule has 2 aliphatic heterocycles. The summed E-state index contributed by atoms with van der Waals surface area (Å²) in [4.78, 5) is 28.3. The van der Waals surface area contributed by atoms with Crippen LogP contribution in [-0.4, -0.2) is 43.8 Å². The van der Waals surface area contributed by atoms with E-state index in [9.17, 15) is 9.59 Å². The van der Waals surface area contributed by atoms with Gasteiger partial charge in [-0.15, -0.1) is 0 Å². The summed E-state index contributed by atoms with van der Waals surface area (Å²) in [5.74, 6) is 1.68. The van der Waals surface area contributed by atoms with E-state index in [1.807, 2.05) is 42.5 Å². The van der Waals surface area contributed by atoms with Crippen LogP contribution >= 0.6 is 0 Å². The summed E-state index contributed by atoms with van der Waals surface area (Å²) in [6.07, 6.45) is 0.666. The van der Waals surface area contributed by atoms with Gasteiger partial charge < -0.3 is 29.7 Å². The third-order valence-electron chi connectivity index (χ3n) is 6.85. The highest BCUT2D eigenvalue weighted by Gasteiger charge is 2.34. The lowest BCUT2D eigenvalue weighted by Crippen LogP contribution is -2.49. The average molecular weight is 502 g/mol. The Morgan fingerprint density at radius 2 is 1.84 bits per heavy atom. The fourth-order valence-corrected chi connectivity index (χ4v) is 4.91. The summed E-state index contributed by atoms with van der Waals surface area (Å²) in [5.41, 5.74) is 3.86. The molecule has 0 bridgehead atoms. The van der Waals surface area contributed by atoms with Gasteiger partial charge in [0.25, 0.3) is 0 Å². The van der Waals surface area contributed by atoms with E-state index in [0.29, 0.717) is 49.0 Å². The van der Waals surface area contributed by atoms with E-state index in [4.69, 9.17) is 14.2 Å². The minimum absolute atomic E-state index is 0.0472. The van der Waals surface area contributed by atoms with Crippen LogP contribution in [0.25, 0.3) is 0 Å². The molecule has 0 spiro atoms. The lowest BCUT2D eigenvalue weighted by molar-refractivity contribution is -0.126. The highest BCUT2D eigenvalue weighted by atomic mass is 16.7. The highest BCUT2D eigenvalue weighted by molar-refractivity contribution is 5.90. The Morgan fingerprint density at radius 1 is 1.00 bits per heavy atom. The van der Waals surface area contributed by atoms with Crippen LogP contribution in [0.1, 0.15) is 29.0 Å². The van der Waals surface area contributed by atoms with Crippen LogP contribution in [-0.2, 0) is 11.3 Å². The summed E-state index contributed by atoms with van der Waals surface area (Å²) in [6, 6.07) is 20.9. The van der Waals surface area contributed by atoms with Gasteiger partial charge in [-0.3, -0.25) is 4.79 Å². The van der Waals surface area contributed by atoms with E-state index >= 15 is 0 Å². The zero-order chi connectivity index (χ0) is 25.8. The predicted octanol–water partition coefficient (Wildman–Crippen LogP) is 4.69. The highest BCUT2D eigenvalue weighted by Crippen LogP contribution is 2.33. The van der Waals surface area contributed by atoms with Crippen molar-refractivity contribution in [3.8, 4) is 17.2 Å². The average Bonchev–Trinajstić information content (AvgIpc) is 3.39. The number of hydrogen-bond donors (Lipinski definition) is 2. The molecule has 0 radical (unpaired) electrons. The van der Waals surface area contributed by atoms with Gasteiger partial charge in [0, 0.05) is 37.3 Å². The molecular weight excluding hydrogens is 470 g/mol. The van der Waals surface area contributed by atoms with Crippen molar-refractivity contribution < 1.29 is 23.8 Å². The monoisotopic (exact) mass is 501 g/mol. The van der Waals surface area contributed by atoms with Gasteiger partial charge in [0.1, 0.15) is 5.75 Å². The number of ether oxygens (including phenoxy) is 3. The van der Waals surface area contributed by atoms with E-state index in [0.717, 1.165) is 16.7 Å². The molecule has 37 heavy (non-hydrogen) atoms. The molecule has 0 aliphatic carbocycles. The topological polar surface area (TPSA) is 89.1 Å². The molecule has 1 saturated heterocycles. The molecule has 0 saturated carbocycles. The van der Waals surface area contributed by atoms with E-state index < -0.39 is 0 Å². The van der Waals surface area contributed by atoms with Crippen molar-refractivity contribution in [1.82, 2.24) is 10.2 Å². The maximum absolute atomic E-state index is 13.3. The minimum Gasteiger partial charge on any atom is -0.497 e. The van der Waals surface area contributed by atoms with Gasteiger partial charge in [0.05, 0.1) is 13.0 Å². The van der Waals surface area contributed by atoms with Gasteiger partial charge in [-0.1, -0.05) is 42.0 Å². The molecule has 3 aromatic carbocycles. The molecule has 2 aliphatic rings. The van der Waals surface area contributed by atoms with Crippen molar-refractivity contribution in [3.05, 3.63) is 83.4 Å². The maximum Gasteiger partial charge on any atom is 0.321 e. The number of urea groups is 1. The van der Waals surface area contributed by atoms with Gasteiger partial charge in [-0.05, 0) is 48.7 Å². The van der Waals surface area contributed by atoms with Gasteiger partial charge in [-0.2, -0.15) is 0 Å². The Labute approximate surface area is 216 Å². The molecular formula is C29H31N3O5. The van der Waals surface area contributed by atoms with E-state index in [2.05, 4.69) is 35.8 Å². The first-order chi connectivity index (χ1) is 18.0. The lowest BCUT2D eigenvalue weighted by atomic mass is 9.83. The summed E-state index contributed by atoms with van der Waals surface area (Å²) in [5, 5.41) is 6.02. The van der Waals surface area contributed by atoms with Crippen LogP contribution in [0.4, 0.5) is 10.5 Å². The summed E-state index contributed by atoms with van der Waals surface area (Å²) < 4.78 is 16.1. The zero-order valence-corrected chi connectivity index (χ0v) is 21.0. The molecule has 1 fully saturated rings. The molecule has 2 N–H and O–H groups in total. The number of methoxy groups -OCH3 is 1. The molecule has 8 nitrogen and oxygen atoms in total. The van der Waals surface area contributed by atoms with E-state index in [1.165, 1.54) is 0 Å². The number of piperidine rings is 1. The number of likely N-dealkylation sites (tertiary alicyclic amines) is 1. The number of nitrogens with one attached hydrogen (secondary N) is 2. The second-order valence-corrected chi connectivity index (χ2v) is 9.52. The Hall–Kier alpha value is -4.20. The number of carbonyl (C=O) groups excluding carboxylic acids is 2. The molecule has 3 aromatic rings. The summed E-state index contributed by atoms with van der Waals surface area (Å²) >= 11 is 0. The largest absolute Gasteiger partial charge is 0.497 e. The van der Waals surface area contributed by atoms with Crippen LogP contribution in [0, 0.1) is 12.8 Å². The van der Waals surface area contributed by atoms with Crippen molar-refractivity contribution in [2.45, 2.75) is 25.8 Å². The molecule has 0 aromatic heterocycles. The number of aryl methyl sites for hydroxylation is 1. The molecule has 3 amide bonds. The van der Waals surface area contributed by atoms with Crippen LogP contribution in [0.5, 0.6) is 17.2 Å². The van der Waals surface area contributed by atoms with Gasteiger partial charge >= 0.3 is 6.03 Å². The van der Waals surface area contributed by atoms with Crippen LogP contribution < -0.4 is 24.8 Å². The number of amides is 3. The Kier molecular flexibility index (Phi) is 7.16. The van der Waals surface area contributed by atoms with Gasteiger partial charge in [0.2, 0.25) is 12.7 Å². The molecule has 2 heterocycles. The third-order valence-corrected chi connectivity index (χ3v) is 6.85.